The fraction of sp³-hybridized carbons (Fsp3) is 0. The Morgan fingerprint density at radius 1 is 0.257 bits per heavy atom. The van der Waals surface area contributed by atoms with Crippen molar-refractivity contribution >= 4 is 120 Å². The van der Waals surface area contributed by atoms with Gasteiger partial charge in [-0.05, 0) is 75.2 Å². The first-order valence-corrected chi connectivity index (χ1v) is 23.9. The van der Waals surface area contributed by atoms with Crippen molar-refractivity contribution in [3.63, 3.8) is 0 Å². The number of hydrogen-bond donors (Lipinski definition) is 0. The van der Waals surface area contributed by atoms with Crippen LogP contribution in [0.4, 0.5) is 0 Å². The Balaban J connectivity index is 1.16. The molecule has 0 unspecified atom stereocenters. The van der Waals surface area contributed by atoms with E-state index in [9.17, 15) is 0 Å². The lowest BCUT2D eigenvalue weighted by Crippen LogP contribution is -1.94. The number of pyridine rings is 2. The molecule has 320 valence electrons. The molecule has 10 aromatic carbocycles. The van der Waals surface area contributed by atoms with Gasteiger partial charge < -0.3 is 0 Å². The van der Waals surface area contributed by atoms with E-state index >= 15 is 0 Å². The summed E-state index contributed by atoms with van der Waals surface area (Å²) in [6.07, 6.45) is 4.08. The average molecular weight is 887 g/mol. The van der Waals surface area contributed by atoms with E-state index in [0.29, 0.717) is 0 Å². The topological polar surface area (TPSA) is 60.4 Å². The van der Waals surface area contributed by atoms with E-state index in [1.54, 1.807) is 0 Å². The van der Waals surface area contributed by atoms with Crippen molar-refractivity contribution in [2.24, 2.45) is 0 Å². The van der Waals surface area contributed by atoms with Gasteiger partial charge in [0.25, 0.3) is 0 Å². The second-order valence-electron chi connectivity index (χ2n) is 18.9. The van der Waals surface area contributed by atoms with Crippen LogP contribution in [0.1, 0.15) is 0 Å². The van der Waals surface area contributed by atoms with Crippen molar-refractivity contribution in [1.82, 2.24) is 28.7 Å². The minimum atomic E-state index is 0.884. The molecule has 70 heavy (non-hydrogen) atoms. The van der Waals surface area contributed by atoms with Crippen LogP contribution in [0.2, 0.25) is 0 Å². The highest BCUT2D eigenvalue weighted by molar-refractivity contribution is 6.41. The van der Waals surface area contributed by atoms with Crippen molar-refractivity contribution in [1.29, 1.82) is 0 Å². The molecule has 7 aromatic heterocycles. The molecule has 17 aromatic rings. The van der Waals surface area contributed by atoms with Crippen LogP contribution in [0.5, 0.6) is 0 Å². The summed E-state index contributed by atoms with van der Waals surface area (Å²) in [5.74, 6) is 0. The number of hydrogen-bond acceptors (Lipinski definition) is 4. The van der Waals surface area contributed by atoms with Crippen LogP contribution in [0.15, 0.2) is 207 Å². The van der Waals surface area contributed by atoms with E-state index in [-0.39, 0.29) is 0 Å². The summed E-state index contributed by atoms with van der Waals surface area (Å²) in [7, 11) is 0. The molecule has 0 spiro atoms. The Hall–Kier alpha value is -9.52. The maximum atomic E-state index is 5.91. The summed E-state index contributed by atoms with van der Waals surface area (Å²) in [5, 5.41) is 13.5. The fourth-order valence-corrected chi connectivity index (χ4v) is 12.3. The summed E-state index contributed by atoms with van der Waals surface area (Å²) in [6, 6.07) is 70.0. The van der Waals surface area contributed by atoms with E-state index in [4.69, 9.17) is 19.9 Å². The smallest absolute Gasteiger partial charge is 0.145 e. The van der Waals surface area contributed by atoms with Crippen LogP contribution in [-0.2, 0) is 0 Å². The van der Waals surface area contributed by atoms with Crippen molar-refractivity contribution in [3.8, 4) is 44.5 Å². The number of aromatic nitrogens is 6. The summed E-state index contributed by atoms with van der Waals surface area (Å²) in [5.41, 5.74) is 18.8. The van der Waals surface area contributed by atoms with Gasteiger partial charge in [-0.1, -0.05) is 158 Å². The highest BCUT2D eigenvalue weighted by Gasteiger charge is 2.31. The molecule has 0 atom stereocenters. The lowest BCUT2D eigenvalue weighted by Gasteiger charge is -2.09. The maximum Gasteiger partial charge on any atom is 0.145 e. The van der Waals surface area contributed by atoms with Crippen LogP contribution in [-0.4, -0.2) is 28.7 Å². The van der Waals surface area contributed by atoms with E-state index in [1.165, 1.54) is 10.8 Å². The SMILES string of the molecule is c1ccc(-c2cnc3c(c2)c2cc(-c4ccccc4)cc4c5c6nc7c8cccc9cccc(c7nc6c6c7cc(-c%10ccccc%10)cc%10c%11cc(-c%12ccccc%12)cnc%11n(c%107)c6c5n3c24)c98)cc1. The van der Waals surface area contributed by atoms with Crippen molar-refractivity contribution in [3.05, 3.63) is 207 Å². The van der Waals surface area contributed by atoms with Gasteiger partial charge in [0.1, 0.15) is 22.3 Å². The van der Waals surface area contributed by atoms with Gasteiger partial charge in [-0.2, -0.15) is 0 Å². The number of rotatable bonds is 4. The summed E-state index contributed by atoms with van der Waals surface area (Å²) in [4.78, 5) is 22.7. The van der Waals surface area contributed by atoms with Gasteiger partial charge in [0.05, 0.1) is 33.1 Å². The Bertz CT molecular complexity index is 4710. The van der Waals surface area contributed by atoms with Gasteiger partial charge in [-0.15, -0.1) is 0 Å². The molecule has 0 saturated carbocycles. The summed E-state index contributed by atoms with van der Waals surface area (Å²) in [6.45, 7) is 0. The van der Waals surface area contributed by atoms with Gasteiger partial charge in [-0.3, -0.25) is 8.80 Å². The predicted octanol–water partition coefficient (Wildman–Crippen LogP) is 16.3. The van der Waals surface area contributed by atoms with Crippen molar-refractivity contribution in [2.45, 2.75) is 0 Å². The zero-order valence-corrected chi connectivity index (χ0v) is 37.3. The minimum Gasteiger partial charge on any atom is -0.290 e. The van der Waals surface area contributed by atoms with Crippen molar-refractivity contribution < 1.29 is 0 Å². The zero-order chi connectivity index (χ0) is 45.3. The third-order valence-electron chi connectivity index (χ3n) is 15.3. The largest absolute Gasteiger partial charge is 0.290 e. The predicted molar refractivity (Wildman–Crippen MR) is 290 cm³/mol. The summed E-state index contributed by atoms with van der Waals surface area (Å²) >= 11 is 0. The van der Waals surface area contributed by atoms with E-state index in [0.717, 1.165) is 154 Å². The quantitative estimate of drug-likeness (QED) is 0.177. The van der Waals surface area contributed by atoms with Gasteiger partial charge >= 0.3 is 0 Å². The molecule has 0 amide bonds. The third-order valence-corrected chi connectivity index (χ3v) is 15.3. The van der Waals surface area contributed by atoms with E-state index < -0.39 is 0 Å². The maximum absolute atomic E-state index is 5.91. The molecule has 7 heterocycles. The van der Waals surface area contributed by atoms with Crippen LogP contribution >= 0.6 is 0 Å². The molecule has 17 rings (SSSR count). The molecule has 0 aliphatic heterocycles. The first-order valence-electron chi connectivity index (χ1n) is 23.9. The van der Waals surface area contributed by atoms with E-state index in [1.807, 2.05) is 12.4 Å². The highest BCUT2D eigenvalue weighted by Crippen LogP contribution is 2.52. The molecule has 0 aliphatic carbocycles. The molecule has 6 heteroatoms. The van der Waals surface area contributed by atoms with Gasteiger partial charge in [0.15, 0.2) is 0 Å². The zero-order valence-electron chi connectivity index (χ0n) is 37.3. The van der Waals surface area contributed by atoms with Crippen LogP contribution in [0.3, 0.4) is 0 Å². The monoisotopic (exact) mass is 886 g/mol. The second-order valence-corrected chi connectivity index (χ2v) is 18.9. The fourth-order valence-electron chi connectivity index (χ4n) is 12.3. The Labute approximate surface area is 398 Å². The molecule has 0 N–H and O–H groups in total. The van der Waals surface area contributed by atoms with Crippen molar-refractivity contribution in [2.75, 3.05) is 0 Å². The van der Waals surface area contributed by atoms with Gasteiger partial charge in [0.2, 0.25) is 0 Å². The standard InChI is InChI=1S/C64H34N6/c1-5-15-35(16-6-1)40-27-46-48-31-42(37-19-9-3-10-20-37)33-65-63(48)69-59(46)50(29-40)53-57-58(68-56-45-26-14-24-39-23-13-25-44(52(39)45)55(56)67-57)54-51-30-41(36-17-7-2-8-18-36)28-47-49-32-43(38-21-11-4-12-22-38)34-66-64(49)70(60(47)51)62(54)61(53)69/h1-34H. The Morgan fingerprint density at radius 2 is 0.629 bits per heavy atom. The Kier molecular flexibility index (Phi) is 6.86. The second kappa shape index (κ2) is 13.1. The molecule has 0 bridgehead atoms. The average Bonchev–Trinajstić information content (AvgIpc) is 4.23. The summed E-state index contributed by atoms with van der Waals surface area (Å²) < 4.78 is 4.89. The molecule has 0 saturated heterocycles. The molecule has 6 nitrogen and oxygen atoms in total. The van der Waals surface area contributed by atoms with Gasteiger partial charge in [0, 0.05) is 82.8 Å². The number of benzene rings is 9. The first kappa shape index (κ1) is 36.6. The number of nitrogens with zero attached hydrogens (tertiary/aromatic N) is 6. The van der Waals surface area contributed by atoms with Crippen LogP contribution < -0.4 is 0 Å². The van der Waals surface area contributed by atoms with Crippen LogP contribution in [0, 0.1) is 0 Å². The van der Waals surface area contributed by atoms with Crippen LogP contribution in [0.25, 0.3) is 165 Å². The molecule has 0 radical (unpaired) electrons. The molecule has 0 fully saturated rings. The normalized spacial score (nSPS) is 12.6. The minimum absolute atomic E-state index is 0.884. The first-order chi connectivity index (χ1) is 34.7. The highest BCUT2D eigenvalue weighted by atomic mass is 15.0. The molecular weight excluding hydrogens is 853 g/mol. The molecular formula is C64H34N6. The lowest BCUT2D eigenvalue weighted by molar-refractivity contribution is 1.24. The Morgan fingerprint density at radius 3 is 1.04 bits per heavy atom. The van der Waals surface area contributed by atoms with E-state index in [2.05, 4.69) is 203 Å². The third kappa shape index (κ3) is 4.62. The number of fused-ring (bicyclic) bond motifs is 19. The van der Waals surface area contributed by atoms with Gasteiger partial charge in [-0.25, -0.2) is 19.9 Å². The molecule has 0 aliphatic rings. The lowest BCUT2D eigenvalue weighted by atomic mass is 9.96.